The zero-order valence-corrected chi connectivity index (χ0v) is 11.2. The van der Waals surface area contributed by atoms with E-state index in [9.17, 15) is 4.79 Å². The van der Waals surface area contributed by atoms with Crippen LogP contribution in [0.2, 0.25) is 0 Å². The zero-order valence-electron chi connectivity index (χ0n) is 7.44. The molecule has 5 heteroatoms. The van der Waals surface area contributed by atoms with Gasteiger partial charge in [0, 0.05) is 3.57 Å². The van der Waals surface area contributed by atoms with Gasteiger partial charge in [-0.15, -0.1) is 0 Å². The van der Waals surface area contributed by atoms with Gasteiger partial charge in [-0.05, 0) is 53.1 Å². The summed E-state index contributed by atoms with van der Waals surface area (Å²) in [6.45, 7) is 0. The van der Waals surface area contributed by atoms with Crippen LogP contribution >= 0.6 is 46.6 Å². The number of carbonyl (C=O) groups is 1. The number of anilines is 1. The smallest absolute Gasteiger partial charge is 0.219 e. The molecule has 0 aliphatic rings. The Labute approximate surface area is 106 Å². The number of hydrogen-bond acceptors (Lipinski definition) is 3. The standard InChI is InChI=1S/C9H8INOS2/c1-14-9(13)11(6-12)8-4-2-7(10)3-5-8/h2-6H,1H3. The van der Waals surface area contributed by atoms with Gasteiger partial charge in [-0.2, -0.15) is 0 Å². The molecule has 0 unspecified atom stereocenters. The van der Waals surface area contributed by atoms with Crippen LogP contribution in [-0.4, -0.2) is 17.0 Å². The highest BCUT2D eigenvalue weighted by molar-refractivity contribution is 14.1. The van der Waals surface area contributed by atoms with Crippen LogP contribution < -0.4 is 4.90 Å². The molecule has 74 valence electrons. The third kappa shape index (κ3) is 2.93. The molecule has 14 heavy (non-hydrogen) atoms. The summed E-state index contributed by atoms with van der Waals surface area (Å²) in [5.74, 6) is 0. The minimum atomic E-state index is 0.557. The second-order valence-corrected chi connectivity index (χ2v) is 5.11. The molecule has 0 saturated carbocycles. The van der Waals surface area contributed by atoms with Gasteiger partial charge in [0.1, 0.15) is 4.32 Å². The van der Waals surface area contributed by atoms with E-state index in [1.165, 1.54) is 16.7 Å². The molecule has 0 aliphatic carbocycles. The van der Waals surface area contributed by atoms with Gasteiger partial charge < -0.3 is 0 Å². The molecule has 0 bridgehead atoms. The number of thiocarbonyl (C=S) groups is 1. The number of rotatable bonds is 2. The second kappa shape index (κ2) is 5.67. The summed E-state index contributed by atoms with van der Waals surface area (Å²) in [7, 11) is 0. The zero-order chi connectivity index (χ0) is 10.6. The summed E-state index contributed by atoms with van der Waals surface area (Å²) in [6.07, 6.45) is 2.59. The van der Waals surface area contributed by atoms with Crippen molar-refractivity contribution in [3.05, 3.63) is 27.8 Å². The monoisotopic (exact) mass is 337 g/mol. The van der Waals surface area contributed by atoms with Crippen LogP contribution in [0.15, 0.2) is 24.3 Å². The van der Waals surface area contributed by atoms with Gasteiger partial charge in [-0.3, -0.25) is 9.69 Å². The molecule has 0 radical (unpaired) electrons. The first kappa shape index (κ1) is 11.9. The number of halogens is 1. The van der Waals surface area contributed by atoms with E-state index < -0.39 is 0 Å². The number of amides is 1. The molecule has 0 heterocycles. The van der Waals surface area contributed by atoms with E-state index in [2.05, 4.69) is 22.6 Å². The fraction of sp³-hybridized carbons (Fsp3) is 0.111. The van der Waals surface area contributed by atoms with Gasteiger partial charge in [0.05, 0.1) is 5.69 Å². The fourth-order valence-electron chi connectivity index (χ4n) is 0.909. The van der Waals surface area contributed by atoms with E-state index in [0.717, 1.165) is 15.7 Å². The number of hydrogen-bond donors (Lipinski definition) is 0. The number of thioether (sulfide) groups is 1. The van der Waals surface area contributed by atoms with Crippen LogP contribution in [0.5, 0.6) is 0 Å². The maximum Gasteiger partial charge on any atom is 0.219 e. The van der Waals surface area contributed by atoms with Crippen molar-refractivity contribution in [1.29, 1.82) is 0 Å². The van der Waals surface area contributed by atoms with Gasteiger partial charge in [-0.1, -0.05) is 24.0 Å². The van der Waals surface area contributed by atoms with Crippen molar-refractivity contribution in [1.82, 2.24) is 0 Å². The summed E-state index contributed by atoms with van der Waals surface area (Å²) in [6, 6.07) is 7.63. The third-order valence-electron chi connectivity index (χ3n) is 1.58. The minimum Gasteiger partial charge on any atom is -0.278 e. The lowest BCUT2D eigenvalue weighted by atomic mass is 10.3. The van der Waals surface area contributed by atoms with Crippen molar-refractivity contribution in [2.45, 2.75) is 0 Å². The Morgan fingerprint density at radius 3 is 2.50 bits per heavy atom. The molecular weight excluding hydrogens is 329 g/mol. The molecule has 0 spiro atoms. The molecule has 0 aliphatic heterocycles. The predicted molar refractivity (Wildman–Crippen MR) is 73.8 cm³/mol. The average molecular weight is 337 g/mol. The van der Waals surface area contributed by atoms with Crippen LogP contribution in [0.25, 0.3) is 0 Å². The molecule has 2 nitrogen and oxygen atoms in total. The Hall–Kier alpha value is -0.140. The Morgan fingerprint density at radius 1 is 1.50 bits per heavy atom. The third-order valence-corrected chi connectivity index (χ3v) is 3.54. The first-order valence-corrected chi connectivity index (χ1v) is 6.48. The van der Waals surface area contributed by atoms with Crippen molar-refractivity contribution < 1.29 is 4.79 Å². The topological polar surface area (TPSA) is 20.3 Å². The van der Waals surface area contributed by atoms with E-state index in [1.54, 1.807) is 0 Å². The van der Waals surface area contributed by atoms with Gasteiger partial charge >= 0.3 is 0 Å². The minimum absolute atomic E-state index is 0.557. The molecule has 0 atom stereocenters. The number of benzene rings is 1. The molecule has 0 aromatic heterocycles. The first-order chi connectivity index (χ1) is 6.69. The van der Waals surface area contributed by atoms with E-state index in [-0.39, 0.29) is 0 Å². The molecule has 1 aromatic rings. The molecule has 0 N–H and O–H groups in total. The van der Waals surface area contributed by atoms with Crippen LogP contribution in [0.3, 0.4) is 0 Å². The fourth-order valence-corrected chi connectivity index (χ4v) is 1.76. The number of carbonyl (C=O) groups excluding carboxylic acids is 1. The van der Waals surface area contributed by atoms with E-state index in [4.69, 9.17) is 12.2 Å². The molecule has 0 saturated heterocycles. The highest BCUT2D eigenvalue weighted by Crippen LogP contribution is 2.18. The van der Waals surface area contributed by atoms with E-state index in [0.29, 0.717) is 4.32 Å². The lowest BCUT2D eigenvalue weighted by molar-refractivity contribution is -0.106. The predicted octanol–water partition coefficient (Wildman–Crippen LogP) is 2.90. The summed E-state index contributed by atoms with van der Waals surface area (Å²) in [4.78, 5) is 12.3. The van der Waals surface area contributed by atoms with Crippen molar-refractivity contribution in [3.63, 3.8) is 0 Å². The van der Waals surface area contributed by atoms with Crippen LogP contribution in [-0.2, 0) is 4.79 Å². The van der Waals surface area contributed by atoms with Gasteiger partial charge in [0.25, 0.3) is 0 Å². The molecular formula is C9H8INOS2. The second-order valence-electron chi connectivity index (χ2n) is 2.42. The van der Waals surface area contributed by atoms with Gasteiger partial charge in [0.15, 0.2) is 0 Å². The van der Waals surface area contributed by atoms with Crippen molar-refractivity contribution in [3.8, 4) is 0 Å². The van der Waals surface area contributed by atoms with Gasteiger partial charge in [-0.25, -0.2) is 0 Å². The maximum absolute atomic E-state index is 10.8. The van der Waals surface area contributed by atoms with Crippen LogP contribution in [0.1, 0.15) is 0 Å². The lowest BCUT2D eigenvalue weighted by Crippen LogP contribution is -2.24. The highest BCUT2D eigenvalue weighted by Gasteiger charge is 2.09. The SMILES string of the molecule is CSC(=S)N(C=O)c1ccc(I)cc1. The largest absolute Gasteiger partial charge is 0.278 e. The molecule has 1 rings (SSSR count). The normalized spacial score (nSPS) is 9.57. The van der Waals surface area contributed by atoms with Crippen molar-refractivity contribution in [2.75, 3.05) is 11.2 Å². The molecule has 0 fully saturated rings. The van der Waals surface area contributed by atoms with Crippen molar-refractivity contribution >= 4 is 63.0 Å². The first-order valence-electron chi connectivity index (χ1n) is 3.77. The van der Waals surface area contributed by atoms with E-state index in [1.807, 2.05) is 30.5 Å². The van der Waals surface area contributed by atoms with Crippen molar-refractivity contribution in [2.24, 2.45) is 0 Å². The lowest BCUT2D eigenvalue weighted by Gasteiger charge is -2.16. The molecule has 1 amide bonds. The summed E-state index contributed by atoms with van der Waals surface area (Å²) >= 11 is 8.64. The number of nitrogens with zero attached hydrogens (tertiary/aromatic N) is 1. The van der Waals surface area contributed by atoms with E-state index >= 15 is 0 Å². The van der Waals surface area contributed by atoms with Gasteiger partial charge in [0.2, 0.25) is 6.41 Å². The summed E-state index contributed by atoms with van der Waals surface area (Å²) in [5, 5.41) is 0. The summed E-state index contributed by atoms with van der Waals surface area (Å²) < 4.78 is 1.69. The Kier molecular flexibility index (Phi) is 4.83. The maximum atomic E-state index is 10.8. The molecule has 1 aromatic carbocycles. The highest BCUT2D eigenvalue weighted by atomic mass is 127. The average Bonchev–Trinajstić information content (AvgIpc) is 2.21. The van der Waals surface area contributed by atoms with Crippen LogP contribution in [0.4, 0.5) is 5.69 Å². The quantitative estimate of drug-likeness (QED) is 0.470. The Bertz CT molecular complexity index is 339. The Balaban J connectivity index is 2.95. The Morgan fingerprint density at radius 2 is 2.07 bits per heavy atom. The summed E-state index contributed by atoms with van der Waals surface area (Å²) in [5.41, 5.74) is 0.805. The van der Waals surface area contributed by atoms with Crippen LogP contribution in [0, 0.1) is 3.57 Å².